The van der Waals surface area contributed by atoms with Crippen molar-refractivity contribution in [3.8, 4) is 0 Å². The van der Waals surface area contributed by atoms with Crippen molar-refractivity contribution < 1.29 is 23.9 Å². The topological polar surface area (TPSA) is 147 Å². The van der Waals surface area contributed by atoms with E-state index in [1.807, 2.05) is 68.3 Å². The van der Waals surface area contributed by atoms with Crippen molar-refractivity contribution in [1.82, 2.24) is 25.4 Å². The van der Waals surface area contributed by atoms with E-state index in [2.05, 4.69) is 29.5 Å². The zero-order chi connectivity index (χ0) is 38.7. The molecular formula is C40H64N6O5S. The quantitative estimate of drug-likeness (QED) is 0.179. The number of carbonyl (C=O) groups is 4. The summed E-state index contributed by atoms with van der Waals surface area (Å²) in [6, 6.07) is 8.52. The number of nitrogens with one attached hydrogen (secondary N) is 2. The Bertz CT molecular complexity index is 1440. The molecule has 2 heterocycles. The monoisotopic (exact) mass is 740 g/mol. The Morgan fingerprint density at radius 2 is 1.75 bits per heavy atom. The van der Waals surface area contributed by atoms with E-state index in [9.17, 15) is 19.2 Å². The summed E-state index contributed by atoms with van der Waals surface area (Å²) in [6.45, 7) is 16.2. The molecule has 4 N–H and O–H groups in total. The fourth-order valence-corrected chi connectivity index (χ4v) is 8.12. The first kappa shape index (κ1) is 43.1. The number of amides is 4. The lowest BCUT2D eigenvalue weighted by Crippen LogP contribution is -2.57. The van der Waals surface area contributed by atoms with E-state index in [-0.39, 0.29) is 72.5 Å². The molecule has 1 aromatic carbocycles. The van der Waals surface area contributed by atoms with Crippen molar-refractivity contribution in [3.63, 3.8) is 0 Å². The maximum atomic E-state index is 14.1. The highest BCUT2D eigenvalue weighted by Gasteiger charge is 2.42. The van der Waals surface area contributed by atoms with Gasteiger partial charge in [-0.3, -0.25) is 19.2 Å². The molecule has 12 heteroatoms. The average Bonchev–Trinajstić information content (AvgIpc) is 3.84. The van der Waals surface area contributed by atoms with Gasteiger partial charge in [-0.15, -0.1) is 11.3 Å². The molecule has 11 nitrogen and oxygen atoms in total. The van der Waals surface area contributed by atoms with Crippen LogP contribution in [0.15, 0.2) is 41.9 Å². The van der Waals surface area contributed by atoms with E-state index in [1.165, 1.54) is 11.3 Å². The smallest absolute Gasteiger partial charge is 0.245 e. The Hall–Kier alpha value is -3.35. The van der Waals surface area contributed by atoms with Crippen molar-refractivity contribution >= 4 is 35.0 Å². The first-order valence-electron chi connectivity index (χ1n) is 18.9. The van der Waals surface area contributed by atoms with E-state index < -0.39 is 23.5 Å². The van der Waals surface area contributed by atoms with E-state index in [1.54, 1.807) is 39.1 Å². The molecule has 0 aliphatic carbocycles. The minimum Gasteiger partial charge on any atom is -0.378 e. The molecule has 4 amide bonds. The van der Waals surface area contributed by atoms with Gasteiger partial charge in [0.15, 0.2) is 0 Å². The number of likely N-dealkylation sites (tertiary alicyclic amines) is 1. The second-order valence-corrected chi connectivity index (χ2v) is 16.6. The lowest BCUT2D eigenvalue weighted by Gasteiger charge is -2.40. The van der Waals surface area contributed by atoms with Crippen LogP contribution in [0.5, 0.6) is 0 Å². The van der Waals surface area contributed by atoms with Gasteiger partial charge in [-0.05, 0) is 56.4 Å². The second-order valence-electron chi connectivity index (χ2n) is 15.7. The third-order valence-corrected chi connectivity index (χ3v) is 11.9. The molecule has 0 bridgehead atoms. The van der Waals surface area contributed by atoms with Gasteiger partial charge in [-0.2, -0.15) is 0 Å². The standard InChI is InChI=1S/C40H64N6O5S/c1-11-26(4)34(45(9)38(49)33(25(2)3)44-39(50)40(7,8)24-41)27(5)22-32(47)46-20-15-18-31(46)35(51-10)28(6)36(48)43-30(37-42-19-21-52-37)23-29-16-13-12-14-17-29/h12-14,16-17,19,21,25-28,30-31,33-35H,11,15,18,20,22-24,41H2,1-10H3,(H,43,48)(H,44,50)/t26-,27+,28+,30-,31-,33-,34-,35+/m0/s1. The van der Waals surface area contributed by atoms with E-state index >= 15 is 0 Å². The number of aromatic nitrogens is 1. The lowest BCUT2D eigenvalue weighted by atomic mass is 9.84. The summed E-state index contributed by atoms with van der Waals surface area (Å²) in [6.07, 6.45) is 4.46. The molecule has 3 rings (SSSR count). The van der Waals surface area contributed by atoms with Crippen molar-refractivity contribution in [2.45, 2.75) is 118 Å². The molecule has 1 aliphatic heterocycles. The van der Waals surface area contributed by atoms with Gasteiger partial charge >= 0.3 is 0 Å². The highest BCUT2D eigenvalue weighted by Crippen LogP contribution is 2.31. The molecule has 0 radical (unpaired) electrons. The zero-order valence-electron chi connectivity index (χ0n) is 33.1. The van der Waals surface area contributed by atoms with Crippen LogP contribution in [0.4, 0.5) is 0 Å². The van der Waals surface area contributed by atoms with Crippen molar-refractivity contribution in [1.29, 1.82) is 0 Å². The normalized spacial score (nSPS) is 18.9. The van der Waals surface area contributed by atoms with Crippen molar-refractivity contribution in [2.24, 2.45) is 34.8 Å². The number of benzene rings is 1. The van der Waals surface area contributed by atoms with Gasteiger partial charge in [0.2, 0.25) is 23.6 Å². The predicted octanol–water partition coefficient (Wildman–Crippen LogP) is 5.21. The minimum absolute atomic E-state index is 0.0121. The highest BCUT2D eigenvalue weighted by atomic mass is 32.1. The number of thiazole rings is 1. The van der Waals surface area contributed by atoms with Crippen LogP contribution in [0.25, 0.3) is 0 Å². The Kier molecular flexibility index (Phi) is 16.3. The first-order chi connectivity index (χ1) is 24.6. The van der Waals surface area contributed by atoms with Crippen LogP contribution < -0.4 is 16.4 Å². The van der Waals surface area contributed by atoms with Gasteiger partial charge in [0, 0.05) is 51.3 Å². The molecule has 0 spiro atoms. The van der Waals surface area contributed by atoms with Gasteiger partial charge in [0.05, 0.1) is 29.5 Å². The van der Waals surface area contributed by atoms with Crippen LogP contribution in [0.2, 0.25) is 0 Å². The first-order valence-corrected chi connectivity index (χ1v) is 19.8. The van der Waals surface area contributed by atoms with E-state index in [0.717, 1.165) is 29.8 Å². The molecule has 290 valence electrons. The molecule has 52 heavy (non-hydrogen) atoms. The van der Waals surface area contributed by atoms with Gasteiger partial charge in [-0.25, -0.2) is 4.98 Å². The summed E-state index contributed by atoms with van der Waals surface area (Å²) in [5.74, 6) is -1.33. The summed E-state index contributed by atoms with van der Waals surface area (Å²) < 4.78 is 6.02. The molecular weight excluding hydrogens is 677 g/mol. The van der Waals surface area contributed by atoms with Crippen LogP contribution in [-0.2, 0) is 30.3 Å². The number of likely N-dealkylation sites (N-methyl/N-ethyl adjacent to an activating group) is 1. The number of ether oxygens (including phenoxy) is 1. The van der Waals surface area contributed by atoms with Crippen LogP contribution in [0.1, 0.15) is 97.7 Å². The number of hydrogen-bond acceptors (Lipinski definition) is 8. The van der Waals surface area contributed by atoms with Crippen LogP contribution in [0.3, 0.4) is 0 Å². The number of nitrogens with zero attached hydrogens (tertiary/aromatic N) is 3. The van der Waals surface area contributed by atoms with Crippen molar-refractivity contribution in [3.05, 3.63) is 52.5 Å². The number of carbonyl (C=O) groups excluding carboxylic acids is 4. The molecule has 8 atom stereocenters. The van der Waals surface area contributed by atoms with Gasteiger partial charge in [0.25, 0.3) is 0 Å². The van der Waals surface area contributed by atoms with Gasteiger partial charge in [0.1, 0.15) is 11.0 Å². The zero-order valence-corrected chi connectivity index (χ0v) is 33.9. The highest BCUT2D eigenvalue weighted by molar-refractivity contribution is 7.09. The molecule has 1 aromatic heterocycles. The second kappa shape index (κ2) is 19.6. The average molecular weight is 741 g/mol. The largest absolute Gasteiger partial charge is 0.378 e. The third kappa shape index (κ3) is 10.9. The fourth-order valence-electron chi connectivity index (χ4n) is 7.44. The maximum Gasteiger partial charge on any atom is 0.245 e. The summed E-state index contributed by atoms with van der Waals surface area (Å²) in [4.78, 5) is 63.2. The number of rotatable bonds is 19. The fraction of sp³-hybridized carbons (Fsp3) is 0.675. The Morgan fingerprint density at radius 3 is 2.31 bits per heavy atom. The van der Waals surface area contributed by atoms with E-state index in [0.29, 0.717) is 13.0 Å². The van der Waals surface area contributed by atoms with Crippen LogP contribution in [-0.4, -0.2) is 89.9 Å². The number of methoxy groups -OCH3 is 1. The molecule has 1 saturated heterocycles. The Balaban J connectivity index is 1.75. The summed E-state index contributed by atoms with van der Waals surface area (Å²) in [7, 11) is 3.39. The maximum absolute atomic E-state index is 14.1. The van der Waals surface area contributed by atoms with Crippen LogP contribution in [0, 0.1) is 29.1 Å². The van der Waals surface area contributed by atoms with Gasteiger partial charge < -0.3 is 30.9 Å². The lowest BCUT2D eigenvalue weighted by molar-refractivity contribution is -0.144. The molecule has 0 unspecified atom stereocenters. The summed E-state index contributed by atoms with van der Waals surface area (Å²) in [5, 5.41) is 8.95. The third-order valence-electron chi connectivity index (χ3n) is 11.0. The molecule has 1 aliphatic rings. The predicted molar refractivity (Wildman–Crippen MR) is 207 cm³/mol. The minimum atomic E-state index is -0.808. The number of hydrogen-bond donors (Lipinski definition) is 3. The van der Waals surface area contributed by atoms with Crippen LogP contribution >= 0.6 is 11.3 Å². The van der Waals surface area contributed by atoms with E-state index in [4.69, 9.17) is 10.5 Å². The molecule has 1 fully saturated rings. The Labute approximate surface area is 315 Å². The van der Waals surface area contributed by atoms with Gasteiger partial charge in [-0.1, -0.05) is 78.3 Å². The SMILES string of the molecule is CC[C@H](C)[C@@H]([C@H](C)CC(=O)N1CCC[C@H]1[C@H](OC)[C@@H](C)C(=O)N[C@@H](Cc1ccccc1)c1nccs1)N(C)C(=O)[C@@H](NC(=O)C(C)(C)CN)C(C)C. The Morgan fingerprint density at radius 1 is 1.08 bits per heavy atom. The molecule has 0 saturated carbocycles. The van der Waals surface area contributed by atoms with Crippen molar-refractivity contribution in [2.75, 3.05) is 27.2 Å². The number of nitrogens with two attached hydrogens (primary N) is 1. The summed E-state index contributed by atoms with van der Waals surface area (Å²) >= 11 is 1.51. The summed E-state index contributed by atoms with van der Waals surface area (Å²) in [5.41, 5.74) is 6.14. The molecule has 2 aromatic rings.